The Hall–Kier alpha value is -3.44. The molecule has 0 saturated carbocycles. The van der Waals surface area contributed by atoms with E-state index in [0.717, 1.165) is 54.3 Å². The molecule has 0 unspecified atom stereocenters. The highest BCUT2D eigenvalue weighted by molar-refractivity contribution is 7.07. The van der Waals surface area contributed by atoms with Crippen LogP contribution in [0.5, 0.6) is 0 Å². The number of nitriles is 1. The predicted molar refractivity (Wildman–Crippen MR) is 124 cm³/mol. The highest BCUT2D eigenvalue weighted by Gasteiger charge is 2.27. The molecule has 164 valence electrons. The zero-order valence-corrected chi connectivity index (χ0v) is 18.8. The van der Waals surface area contributed by atoms with E-state index in [4.69, 9.17) is 15.0 Å². The molecule has 0 N–H and O–H groups in total. The standard InChI is InChI=1S/C24H25N5O2S/c1-28(24(30)31-15-20-16-32-17-26-20)21-10-13-29(14-11-21)23-4-2-3-22(27-23)19-7-5-18(6-8-19)9-12-25/h2-8,16-17,21H,9-11,13-15H2,1H3. The molecule has 0 spiro atoms. The van der Waals surface area contributed by atoms with Gasteiger partial charge in [0.15, 0.2) is 0 Å². The van der Waals surface area contributed by atoms with Gasteiger partial charge in [-0.2, -0.15) is 5.26 Å². The average molecular weight is 448 g/mol. The maximum Gasteiger partial charge on any atom is 0.410 e. The molecule has 1 aliphatic rings. The number of hydrogen-bond acceptors (Lipinski definition) is 7. The van der Waals surface area contributed by atoms with Crippen molar-refractivity contribution in [2.45, 2.75) is 31.9 Å². The first-order chi connectivity index (χ1) is 15.6. The van der Waals surface area contributed by atoms with Crippen LogP contribution in [0.1, 0.15) is 24.1 Å². The molecule has 1 amide bonds. The number of ether oxygens (including phenoxy) is 1. The van der Waals surface area contributed by atoms with Gasteiger partial charge in [0, 0.05) is 37.1 Å². The number of amides is 1. The number of rotatable bonds is 6. The minimum absolute atomic E-state index is 0.144. The summed E-state index contributed by atoms with van der Waals surface area (Å²) in [6, 6.07) is 16.3. The molecule has 0 radical (unpaired) electrons. The van der Waals surface area contributed by atoms with E-state index in [1.54, 1.807) is 17.5 Å². The third kappa shape index (κ3) is 5.24. The lowest BCUT2D eigenvalue weighted by atomic mass is 10.0. The Balaban J connectivity index is 1.33. The fourth-order valence-corrected chi connectivity index (χ4v) is 4.37. The summed E-state index contributed by atoms with van der Waals surface area (Å²) in [6.45, 7) is 1.86. The molecule has 1 aromatic carbocycles. The number of carbonyl (C=O) groups is 1. The topological polar surface area (TPSA) is 82.4 Å². The second-order valence-electron chi connectivity index (χ2n) is 7.78. The zero-order valence-electron chi connectivity index (χ0n) is 18.0. The van der Waals surface area contributed by atoms with Gasteiger partial charge in [0.2, 0.25) is 0 Å². The molecule has 0 bridgehead atoms. The second kappa shape index (κ2) is 10.2. The minimum atomic E-state index is -0.309. The van der Waals surface area contributed by atoms with Crippen molar-refractivity contribution < 1.29 is 9.53 Å². The number of pyridine rings is 1. The van der Waals surface area contributed by atoms with Gasteiger partial charge in [-0.05, 0) is 30.5 Å². The highest BCUT2D eigenvalue weighted by Crippen LogP contribution is 2.25. The van der Waals surface area contributed by atoms with Gasteiger partial charge in [-0.15, -0.1) is 11.3 Å². The summed E-state index contributed by atoms with van der Waals surface area (Å²) < 4.78 is 5.39. The van der Waals surface area contributed by atoms with Gasteiger partial charge in [0.1, 0.15) is 12.4 Å². The molecule has 4 rings (SSSR count). The maximum atomic E-state index is 12.4. The zero-order chi connectivity index (χ0) is 22.3. The van der Waals surface area contributed by atoms with Crippen molar-refractivity contribution in [1.82, 2.24) is 14.9 Å². The van der Waals surface area contributed by atoms with E-state index in [2.05, 4.69) is 16.0 Å². The van der Waals surface area contributed by atoms with Crippen molar-refractivity contribution >= 4 is 23.2 Å². The minimum Gasteiger partial charge on any atom is -0.443 e. The number of anilines is 1. The van der Waals surface area contributed by atoms with E-state index in [1.165, 1.54) is 11.3 Å². The van der Waals surface area contributed by atoms with Crippen molar-refractivity contribution in [3.05, 3.63) is 64.6 Å². The van der Waals surface area contributed by atoms with Crippen LogP contribution in [0.2, 0.25) is 0 Å². The molecular weight excluding hydrogens is 422 g/mol. The molecular formula is C24H25N5O2S. The quantitative estimate of drug-likeness (QED) is 0.553. The Morgan fingerprint density at radius 1 is 1.25 bits per heavy atom. The van der Waals surface area contributed by atoms with Gasteiger partial charge in [0.05, 0.1) is 29.4 Å². The molecule has 1 aliphatic heterocycles. The van der Waals surface area contributed by atoms with E-state index >= 15 is 0 Å². The summed E-state index contributed by atoms with van der Waals surface area (Å²) in [6.07, 6.45) is 1.82. The van der Waals surface area contributed by atoms with Crippen molar-refractivity contribution in [2.24, 2.45) is 0 Å². The average Bonchev–Trinajstić information content (AvgIpc) is 3.37. The van der Waals surface area contributed by atoms with Crippen LogP contribution < -0.4 is 4.90 Å². The van der Waals surface area contributed by atoms with E-state index in [9.17, 15) is 4.79 Å². The summed E-state index contributed by atoms with van der Waals surface area (Å²) >= 11 is 1.49. The van der Waals surface area contributed by atoms with Crippen LogP contribution in [-0.2, 0) is 17.8 Å². The van der Waals surface area contributed by atoms with Crippen LogP contribution in [0.15, 0.2) is 53.4 Å². The Morgan fingerprint density at radius 3 is 2.72 bits per heavy atom. The SMILES string of the molecule is CN(C(=O)OCc1cscn1)C1CCN(c2cccc(-c3ccc(CC#N)cc3)n2)CC1. The first kappa shape index (κ1) is 21.8. The second-order valence-corrected chi connectivity index (χ2v) is 8.50. The summed E-state index contributed by atoms with van der Waals surface area (Å²) in [5.74, 6) is 0.941. The fourth-order valence-electron chi connectivity index (χ4n) is 3.82. The molecule has 7 nitrogen and oxygen atoms in total. The number of aromatic nitrogens is 2. The van der Waals surface area contributed by atoms with Crippen LogP contribution in [0.25, 0.3) is 11.3 Å². The van der Waals surface area contributed by atoms with Crippen LogP contribution in [0, 0.1) is 11.3 Å². The van der Waals surface area contributed by atoms with Gasteiger partial charge >= 0.3 is 6.09 Å². The van der Waals surface area contributed by atoms with Crippen LogP contribution in [0.3, 0.4) is 0 Å². The number of hydrogen-bond donors (Lipinski definition) is 0. The monoisotopic (exact) mass is 447 g/mol. The summed E-state index contributed by atoms with van der Waals surface area (Å²) in [7, 11) is 1.80. The van der Waals surface area contributed by atoms with Crippen molar-refractivity contribution in [3.8, 4) is 17.3 Å². The number of thiazole rings is 1. The predicted octanol–water partition coefficient (Wildman–Crippen LogP) is 4.51. The molecule has 3 aromatic rings. The molecule has 3 heterocycles. The van der Waals surface area contributed by atoms with E-state index in [-0.39, 0.29) is 18.7 Å². The molecule has 0 aliphatic carbocycles. The molecule has 1 saturated heterocycles. The van der Waals surface area contributed by atoms with Crippen molar-refractivity contribution in [1.29, 1.82) is 5.26 Å². The largest absolute Gasteiger partial charge is 0.443 e. The molecule has 8 heteroatoms. The lowest BCUT2D eigenvalue weighted by Crippen LogP contribution is -2.46. The molecule has 32 heavy (non-hydrogen) atoms. The lowest BCUT2D eigenvalue weighted by molar-refractivity contribution is 0.0854. The first-order valence-corrected chi connectivity index (χ1v) is 11.5. The number of nitrogens with zero attached hydrogens (tertiary/aromatic N) is 5. The highest BCUT2D eigenvalue weighted by atomic mass is 32.1. The van der Waals surface area contributed by atoms with Crippen molar-refractivity contribution in [3.63, 3.8) is 0 Å². The maximum absolute atomic E-state index is 12.4. The fraction of sp³-hybridized carbons (Fsp3) is 0.333. The third-order valence-corrected chi connectivity index (χ3v) is 6.35. The van der Waals surface area contributed by atoms with Gasteiger partial charge in [-0.25, -0.2) is 14.8 Å². The molecule has 2 aromatic heterocycles. The normalized spacial score (nSPS) is 14.1. The van der Waals surface area contributed by atoms with Crippen LogP contribution >= 0.6 is 11.3 Å². The van der Waals surface area contributed by atoms with Crippen molar-refractivity contribution in [2.75, 3.05) is 25.0 Å². The lowest BCUT2D eigenvalue weighted by Gasteiger charge is -2.36. The van der Waals surface area contributed by atoms with Gasteiger partial charge < -0.3 is 14.5 Å². The van der Waals surface area contributed by atoms with E-state index in [1.807, 2.05) is 47.8 Å². The number of benzene rings is 1. The number of piperidine rings is 1. The van der Waals surface area contributed by atoms with Gasteiger partial charge in [-0.1, -0.05) is 30.3 Å². The van der Waals surface area contributed by atoms with Crippen LogP contribution in [0.4, 0.5) is 10.6 Å². The first-order valence-electron chi connectivity index (χ1n) is 10.6. The van der Waals surface area contributed by atoms with Gasteiger partial charge in [-0.3, -0.25) is 0 Å². The van der Waals surface area contributed by atoms with Gasteiger partial charge in [0.25, 0.3) is 0 Å². The smallest absolute Gasteiger partial charge is 0.410 e. The van der Waals surface area contributed by atoms with Crippen LogP contribution in [-0.4, -0.2) is 47.1 Å². The Bertz CT molecular complexity index is 1070. The summed E-state index contributed by atoms with van der Waals surface area (Å²) in [5.41, 5.74) is 5.46. The number of carbonyl (C=O) groups excluding carboxylic acids is 1. The Kier molecular flexibility index (Phi) is 6.97. The third-order valence-electron chi connectivity index (χ3n) is 5.72. The molecule has 0 atom stereocenters. The Labute approximate surface area is 191 Å². The summed E-state index contributed by atoms with van der Waals surface area (Å²) in [4.78, 5) is 25.4. The molecule has 1 fully saturated rings. The van der Waals surface area contributed by atoms with E-state index < -0.39 is 0 Å². The summed E-state index contributed by atoms with van der Waals surface area (Å²) in [5, 5.41) is 10.7. The van der Waals surface area contributed by atoms with E-state index in [0.29, 0.717) is 6.42 Å². The Morgan fingerprint density at radius 2 is 2.03 bits per heavy atom.